The Hall–Kier alpha value is -3.32. The largest absolute Gasteiger partial charge is 0.497 e. The zero-order valence-electron chi connectivity index (χ0n) is 20.1. The lowest BCUT2D eigenvalue weighted by atomic mass is 9.67. The van der Waals surface area contributed by atoms with Crippen LogP contribution < -0.4 is 4.74 Å². The molecule has 32 heavy (non-hydrogen) atoms. The molecule has 0 unspecified atom stereocenters. The molecule has 5 rings (SSSR count). The van der Waals surface area contributed by atoms with E-state index in [1.165, 1.54) is 38.9 Å². The van der Waals surface area contributed by atoms with Crippen molar-refractivity contribution < 1.29 is 4.74 Å². The van der Waals surface area contributed by atoms with Gasteiger partial charge < -0.3 is 4.74 Å². The van der Waals surface area contributed by atoms with Gasteiger partial charge in [0.05, 0.1) is 12.5 Å². The number of methoxy groups -OCH3 is 1. The van der Waals surface area contributed by atoms with Crippen molar-refractivity contribution >= 4 is 0 Å². The highest BCUT2D eigenvalue weighted by Crippen LogP contribution is 2.55. The first-order valence-corrected chi connectivity index (χ1v) is 11.7. The number of ether oxygens (including phenoxy) is 1. The van der Waals surface area contributed by atoms with Crippen LogP contribution in [-0.4, -0.2) is 7.11 Å². The van der Waals surface area contributed by atoms with Gasteiger partial charge in [0.2, 0.25) is 0 Å². The van der Waals surface area contributed by atoms with Gasteiger partial charge in [-0.3, -0.25) is 0 Å². The van der Waals surface area contributed by atoms with E-state index in [1.54, 1.807) is 7.11 Å². The number of aryl methyl sites for hydroxylation is 1. The van der Waals surface area contributed by atoms with Crippen LogP contribution in [0.15, 0.2) is 97.1 Å². The van der Waals surface area contributed by atoms with Crippen LogP contribution in [0.2, 0.25) is 0 Å². The second-order valence-electron chi connectivity index (χ2n) is 7.44. The molecule has 1 aliphatic carbocycles. The Bertz CT molecular complexity index is 1090. The fraction of sp³-hybridized carbons (Fsp3) is 0.226. The number of hydrogen-bond acceptors (Lipinski definition) is 1. The Balaban J connectivity index is 0.000000686. The third-order valence-corrected chi connectivity index (χ3v) is 5.96. The Morgan fingerprint density at radius 3 is 1.38 bits per heavy atom. The molecule has 0 saturated carbocycles. The molecule has 0 heterocycles. The fourth-order valence-electron chi connectivity index (χ4n) is 4.67. The number of rotatable bonds is 3. The maximum absolute atomic E-state index is 5.43. The molecule has 1 aliphatic rings. The lowest BCUT2D eigenvalue weighted by Gasteiger charge is -2.34. The molecule has 0 aromatic heterocycles. The van der Waals surface area contributed by atoms with Gasteiger partial charge in [0.1, 0.15) is 5.75 Å². The minimum atomic E-state index is -0.326. The van der Waals surface area contributed by atoms with Gasteiger partial charge in [0, 0.05) is 0 Å². The molecule has 1 heteroatoms. The molecule has 0 bridgehead atoms. The first-order valence-electron chi connectivity index (χ1n) is 11.7. The SMILES string of the molecule is CC.CC.COc1ccc(C2(c3ccc(C)cc3)c3ccccc3-c3ccccc32)cc1. The standard InChI is InChI=1S/C27H22O.2C2H6/c1-19-11-13-20(14-12-19)27(21-15-17-22(28-2)18-16-21)25-9-5-3-7-23(25)24-8-4-6-10-26(24)27;2*1-2/h3-18H,1-2H3;2*1-2H3. The van der Waals surface area contributed by atoms with Crippen LogP contribution in [0.5, 0.6) is 5.75 Å². The zero-order valence-corrected chi connectivity index (χ0v) is 20.1. The summed E-state index contributed by atoms with van der Waals surface area (Å²) in [5.41, 5.74) is 8.80. The highest BCUT2D eigenvalue weighted by molar-refractivity contribution is 5.86. The van der Waals surface area contributed by atoms with E-state index in [4.69, 9.17) is 4.74 Å². The first kappa shape index (κ1) is 23.3. The van der Waals surface area contributed by atoms with E-state index in [1.807, 2.05) is 27.7 Å². The van der Waals surface area contributed by atoms with Gasteiger partial charge in [-0.2, -0.15) is 0 Å². The fourth-order valence-corrected chi connectivity index (χ4v) is 4.67. The minimum absolute atomic E-state index is 0.326. The molecule has 164 valence electrons. The Morgan fingerprint density at radius 2 is 0.938 bits per heavy atom. The molecule has 0 N–H and O–H groups in total. The normalized spacial score (nSPS) is 12.3. The summed E-state index contributed by atoms with van der Waals surface area (Å²) in [6.45, 7) is 10.1. The van der Waals surface area contributed by atoms with Crippen molar-refractivity contribution in [3.05, 3.63) is 125 Å². The molecule has 0 aliphatic heterocycles. The quantitative estimate of drug-likeness (QED) is 0.283. The average Bonchev–Trinajstić information content (AvgIpc) is 3.18. The zero-order chi connectivity index (χ0) is 23.1. The van der Waals surface area contributed by atoms with Gasteiger partial charge >= 0.3 is 0 Å². The molecular weight excluding hydrogens is 388 g/mol. The van der Waals surface area contributed by atoms with Gasteiger partial charge in [-0.25, -0.2) is 0 Å². The van der Waals surface area contributed by atoms with E-state index in [0.717, 1.165) is 5.75 Å². The highest BCUT2D eigenvalue weighted by atomic mass is 16.5. The molecule has 0 saturated heterocycles. The maximum Gasteiger partial charge on any atom is 0.118 e. The Kier molecular flexibility index (Phi) is 7.53. The van der Waals surface area contributed by atoms with Crippen LogP contribution in [0.3, 0.4) is 0 Å². The van der Waals surface area contributed by atoms with Crippen molar-refractivity contribution in [2.45, 2.75) is 40.0 Å². The van der Waals surface area contributed by atoms with E-state index < -0.39 is 0 Å². The molecule has 4 aromatic rings. The van der Waals surface area contributed by atoms with Crippen LogP contribution in [-0.2, 0) is 5.41 Å². The van der Waals surface area contributed by atoms with Crippen LogP contribution in [0.1, 0.15) is 55.5 Å². The van der Waals surface area contributed by atoms with Gasteiger partial charge in [-0.15, -0.1) is 0 Å². The average molecular weight is 423 g/mol. The van der Waals surface area contributed by atoms with Gasteiger partial charge in [0.15, 0.2) is 0 Å². The van der Waals surface area contributed by atoms with Gasteiger partial charge in [-0.05, 0) is 52.4 Å². The molecule has 0 radical (unpaired) electrons. The molecule has 0 amide bonds. The Labute approximate surface area is 193 Å². The second-order valence-corrected chi connectivity index (χ2v) is 7.44. The van der Waals surface area contributed by atoms with Gasteiger partial charge in [0.25, 0.3) is 0 Å². The van der Waals surface area contributed by atoms with Crippen LogP contribution >= 0.6 is 0 Å². The minimum Gasteiger partial charge on any atom is -0.497 e. The third-order valence-electron chi connectivity index (χ3n) is 5.96. The van der Waals surface area contributed by atoms with E-state index in [-0.39, 0.29) is 5.41 Å². The van der Waals surface area contributed by atoms with Crippen molar-refractivity contribution in [2.24, 2.45) is 0 Å². The van der Waals surface area contributed by atoms with E-state index in [0.29, 0.717) is 0 Å². The summed E-state index contributed by atoms with van der Waals surface area (Å²) in [4.78, 5) is 0. The summed E-state index contributed by atoms with van der Waals surface area (Å²) >= 11 is 0. The van der Waals surface area contributed by atoms with Crippen molar-refractivity contribution in [3.63, 3.8) is 0 Å². The summed E-state index contributed by atoms with van der Waals surface area (Å²) in [6.07, 6.45) is 0. The summed E-state index contributed by atoms with van der Waals surface area (Å²) < 4.78 is 5.43. The summed E-state index contributed by atoms with van der Waals surface area (Å²) in [5, 5.41) is 0. The van der Waals surface area contributed by atoms with Gasteiger partial charge in [-0.1, -0.05) is 118 Å². The van der Waals surface area contributed by atoms with Crippen LogP contribution in [0.4, 0.5) is 0 Å². The number of fused-ring (bicyclic) bond motifs is 3. The number of benzene rings is 4. The van der Waals surface area contributed by atoms with Crippen molar-refractivity contribution in [1.29, 1.82) is 0 Å². The molecule has 4 aromatic carbocycles. The summed E-state index contributed by atoms with van der Waals surface area (Å²) in [5.74, 6) is 0.877. The summed E-state index contributed by atoms with van der Waals surface area (Å²) in [7, 11) is 1.71. The first-order chi connectivity index (χ1) is 15.7. The van der Waals surface area contributed by atoms with Crippen LogP contribution in [0, 0.1) is 6.92 Å². The highest BCUT2D eigenvalue weighted by Gasteiger charge is 2.45. The summed E-state index contributed by atoms with van der Waals surface area (Å²) in [6, 6.07) is 35.1. The molecule has 0 spiro atoms. The monoisotopic (exact) mass is 422 g/mol. The maximum atomic E-state index is 5.43. The molecular formula is C31H34O. The second kappa shape index (κ2) is 10.3. The molecule has 1 nitrogen and oxygen atoms in total. The lowest BCUT2D eigenvalue weighted by molar-refractivity contribution is 0.414. The number of hydrogen-bond donors (Lipinski definition) is 0. The molecule has 0 atom stereocenters. The van der Waals surface area contributed by atoms with E-state index in [2.05, 4.69) is 104 Å². The smallest absolute Gasteiger partial charge is 0.118 e. The van der Waals surface area contributed by atoms with Crippen LogP contribution in [0.25, 0.3) is 11.1 Å². The Morgan fingerprint density at radius 1 is 0.531 bits per heavy atom. The predicted octanol–water partition coefficient (Wildman–Crippen LogP) is 8.42. The van der Waals surface area contributed by atoms with E-state index >= 15 is 0 Å². The van der Waals surface area contributed by atoms with Crippen molar-refractivity contribution in [1.82, 2.24) is 0 Å². The topological polar surface area (TPSA) is 9.23 Å². The lowest BCUT2D eigenvalue weighted by Crippen LogP contribution is -2.28. The van der Waals surface area contributed by atoms with Crippen molar-refractivity contribution in [2.75, 3.05) is 7.11 Å². The molecule has 0 fully saturated rings. The third kappa shape index (κ3) is 3.73. The van der Waals surface area contributed by atoms with Crippen molar-refractivity contribution in [3.8, 4) is 16.9 Å². The van der Waals surface area contributed by atoms with E-state index in [9.17, 15) is 0 Å². The predicted molar refractivity (Wildman–Crippen MR) is 138 cm³/mol.